The molecule has 0 aliphatic carbocycles. The predicted octanol–water partition coefficient (Wildman–Crippen LogP) is 1.72. The summed E-state index contributed by atoms with van der Waals surface area (Å²) < 4.78 is 6.01. The Hall–Kier alpha value is -3.47. The number of likely N-dealkylation sites (N-methyl/N-ethyl adjacent to an activating group) is 1. The van der Waals surface area contributed by atoms with Gasteiger partial charge in [0.25, 0.3) is 0 Å². The first kappa shape index (κ1) is 28.1. The third-order valence-corrected chi connectivity index (χ3v) is 7.02. The summed E-state index contributed by atoms with van der Waals surface area (Å²) >= 11 is 0. The van der Waals surface area contributed by atoms with E-state index in [1.165, 1.54) is 4.90 Å². The van der Waals surface area contributed by atoms with Crippen molar-refractivity contribution in [2.45, 2.75) is 37.3 Å². The highest BCUT2D eigenvalue weighted by atomic mass is 16.5. The number of hydrogen-bond acceptors (Lipinski definition) is 7. The zero-order valence-corrected chi connectivity index (χ0v) is 21.1. The van der Waals surface area contributed by atoms with Gasteiger partial charge in [0.15, 0.2) is 5.54 Å². The fourth-order valence-corrected chi connectivity index (χ4v) is 4.96. The lowest BCUT2D eigenvalue weighted by Gasteiger charge is -2.50. The predicted molar refractivity (Wildman–Crippen MR) is 135 cm³/mol. The van der Waals surface area contributed by atoms with Gasteiger partial charge in [-0.1, -0.05) is 48.0 Å². The van der Waals surface area contributed by atoms with Crippen molar-refractivity contribution in [3.8, 4) is 5.75 Å². The second-order valence-corrected chi connectivity index (χ2v) is 9.56. The van der Waals surface area contributed by atoms with Crippen LogP contribution in [0.4, 0.5) is 0 Å². The quantitative estimate of drug-likeness (QED) is 0.330. The van der Waals surface area contributed by atoms with E-state index < -0.39 is 41.9 Å². The Bertz CT molecular complexity index is 1120. The van der Waals surface area contributed by atoms with Gasteiger partial charge in [0.05, 0.1) is 13.0 Å². The number of aliphatic hydroxyl groups is 1. The molecule has 1 aliphatic rings. The summed E-state index contributed by atoms with van der Waals surface area (Å²) in [4.78, 5) is 40.0. The fraction of sp³-hybridized carbons (Fsp3) is 0.444. The molecule has 37 heavy (non-hydrogen) atoms. The van der Waals surface area contributed by atoms with Crippen LogP contribution in [0.2, 0.25) is 0 Å². The smallest absolute Gasteiger partial charge is 0.338 e. The Labute approximate surface area is 215 Å². The van der Waals surface area contributed by atoms with Gasteiger partial charge in [-0.2, -0.15) is 0 Å². The summed E-state index contributed by atoms with van der Waals surface area (Å²) in [5, 5.41) is 41.0. The molecule has 2 atom stereocenters. The first-order chi connectivity index (χ1) is 17.5. The van der Waals surface area contributed by atoms with Crippen LogP contribution < -0.4 is 4.74 Å². The Morgan fingerprint density at radius 2 is 1.59 bits per heavy atom. The molecule has 0 saturated carbocycles. The van der Waals surface area contributed by atoms with Gasteiger partial charge in [-0.3, -0.25) is 14.5 Å². The maximum Gasteiger partial charge on any atom is 0.338 e. The average molecular weight is 515 g/mol. The molecule has 0 bridgehead atoms. The van der Waals surface area contributed by atoms with Crippen molar-refractivity contribution in [3.63, 3.8) is 0 Å². The topological polar surface area (TPSA) is 148 Å². The number of carboxylic acid groups (broad SMARTS) is 3. The summed E-state index contributed by atoms with van der Waals surface area (Å²) in [6.07, 6.45) is -1.15. The molecule has 10 nitrogen and oxygen atoms in total. The zero-order chi connectivity index (χ0) is 27.2. The molecule has 1 heterocycles. The van der Waals surface area contributed by atoms with Gasteiger partial charge in [0.2, 0.25) is 5.60 Å². The van der Waals surface area contributed by atoms with E-state index in [1.54, 1.807) is 6.07 Å². The lowest BCUT2D eigenvalue weighted by molar-refractivity contribution is -0.202. The minimum Gasteiger partial charge on any atom is -0.493 e. The lowest BCUT2D eigenvalue weighted by Crippen LogP contribution is -2.74. The second kappa shape index (κ2) is 11.7. The molecular formula is C27H34N2O8. The van der Waals surface area contributed by atoms with Crippen LogP contribution >= 0.6 is 0 Å². The first-order valence-electron chi connectivity index (χ1n) is 12.1. The number of ether oxygens (including phenoxy) is 1. The van der Waals surface area contributed by atoms with Crippen LogP contribution in [-0.4, -0.2) is 99.1 Å². The van der Waals surface area contributed by atoms with E-state index in [-0.39, 0.29) is 19.7 Å². The minimum atomic E-state index is -3.09. The van der Waals surface area contributed by atoms with Crippen molar-refractivity contribution in [2.24, 2.45) is 0 Å². The minimum absolute atomic E-state index is 0.141. The third-order valence-electron chi connectivity index (χ3n) is 7.02. The van der Waals surface area contributed by atoms with Gasteiger partial charge in [-0.25, -0.2) is 4.79 Å². The maximum absolute atomic E-state index is 12.8. The van der Waals surface area contributed by atoms with E-state index in [9.17, 15) is 34.8 Å². The number of carboxylic acids is 3. The molecule has 0 spiro atoms. The summed E-state index contributed by atoms with van der Waals surface area (Å²) in [6, 6.07) is 15.3. The van der Waals surface area contributed by atoms with Crippen molar-refractivity contribution in [1.29, 1.82) is 0 Å². The molecule has 1 saturated heterocycles. The second-order valence-electron chi connectivity index (χ2n) is 9.56. The van der Waals surface area contributed by atoms with Gasteiger partial charge < -0.3 is 30.1 Å². The first-order valence-corrected chi connectivity index (χ1v) is 12.1. The highest BCUT2D eigenvalue weighted by Gasteiger charge is 2.65. The number of piperazine rings is 1. The van der Waals surface area contributed by atoms with Gasteiger partial charge >= 0.3 is 17.9 Å². The molecule has 2 aromatic carbocycles. The zero-order valence-electron chi connectivity index (χ0n) is 21.1. The van der Waals surface area contributed by atoms with Crippen molar-refractivity contribution in [2.75, 3.05) is 39.8 Å². The van der Waals surface area contributed by atoms with Crippen LogP contribution in [0.3, 0.4) is 0 Å². The standard InChI is InChI=1S/C27H34N2O8/c1-19-8-9-22(21(16-19)17-20-6-4-3-5-7-20)37-15-10-26(24(32)33,29-13-11-28(2)12-14-29)27(36,25(34)35)18-23(30)31/h3-9,16,36H,10-15,17-18H2,1-2H3,(H,30,31)(H,32,33)(H,34,35). The fourth-order valence-electron chi connectivity index (χ4n) is 4.96. The highest BCUT2D eigenvalue weighted by Crippen LogP contribution is 2.37. The normalized spacial score (nSPS) is 17.9. The maximum atomic E-state index is 12.8. The van der Waals surface area contributed by atoms with Crippen molar-refractivity contribution >= 4 is 17.9 Å². The summed E-state index contributed by atoms with van der Waals surface area (Å²) in [6.45, 7) is 2.83. The summed E-state index contributed by atoms with van der Waals surface area (Å²) in [5.74, 6) is -4.63. The molecule has 2 aromatic rings. The number of carbonyl (C=O) groups is 3. The van der Waals surface area contributed by atoms with Crippen LogP contribution in [-0.2, 0) is 20.8 Å². The molecule has 2 unspecified atom stereocenters. The number of benzene rings is 2. The SMILES string of the molecule is Cc1ccc(OCCC(C(=O)O)(N2CCN(C)CC2)C(O)(CC(=O)O)C(=O)O)c(Cc2ccccc2)c1. The van der Waals surface area contributed by atoms with Gasteiger partial charge in [0, 0.05) is 39.0 Å². The monoisotopic (exact) mass is 514 g/mol. The van der Waals surface area contributed by atoms with E-state index >= 15 is 0 Å². The molecule has 1 aliphatic heterocycles. The van der Waals surface area contributed by atoms with Crippen LogP contribution in [0.5, 0.6) is 5.75 Å². The Morgan fingerprint density at radius 3 is 2.16 bits per heavy atom. The van der Waals surface area contributed by atoms with E-state index in [0.717, 1.165) is 16.7 Å². The highest BCUT2D eigenvalue weighted by molar-refractivity contribution is 5.95. The Balaban J connectivity index is 1.95. The van der Waals surface area contributed by atoms with Crippen molar-refractivity contribution in [3.05, 3.63) is 65.2 Å². The molecule has 10 heteroatoms. The van der Waals surface area contributed by atoms with Gasteiger partial charge in [-0.05, 0) is 31.2 Å². The van der Waals surface area contributed by atoms with E-state index in [2.05, 4.69) is 0 Å². The van der Waals surface area contributed by atoms with Gasteiger partial charge in [-0.15, -0.1) is 0 Å². The number of aliphatic carboxylic acids is 3. The number of nitrogens with zero attached hydrogens (tertiary/aromatic N) is 2. The van der Waals surface area contributed by atoms with Crippen LogP contribution in [0.25, 0.3) is 0 Å². The van der Waals surface area contributed by atoms with E-state index in [4.69, 9.17) is 4.74 Å². The average Bonchev–Trinajstić information content (AvgIpc) is 2.83. The van der Waals surface area contributed by atoms with Crippen molar-refractivity contribution in [1.82, 2.24) is 9.80 Å². The molecular weight excluding hydrogens is 480 g/mol. The van der Waals surface area contributed by atoms with Crippen molar-refractivity contribution < 1.29 is 39.5 Å². The molecule has 1 fully saturated rings. The molecule has 0 radical (unpaired) electrons. The third kappa shape index (κ3) is 6.10. The molecule has 4 N–H and O–H groups in total. The number of aryl methyl sites for hydroxylation is 1. The molecule has 200 valence electrons. The van der Waals surface area contributed by atoms with Gasteiger partial charge in [0.1, 0.15) is 5.75 Å². The van der Waals surface area contributed by atoms with E-state index in [1.807, 2.05) is 61.3 Å². The van der Waals surface area contributed by atoms with E-state index in [0.29, 0.717) is 25.3 Å². The molecule has 0 aromatic heterocycles. The Morgan fingerprint density at radius 1 is 0.946 bits per heavy atom. The summed E-state index contributed by atoms with van der Waals surface area (Å²) in [5.41, 5.74) is -2.59. The largest absolute Gasteiger partial charge is 0.493 e. The number of hydrogen-bond donors (Lipinski definition) is 4. The van der Waals surface area contributed by atoms with Crippen LogP contribution in [0, 0.1) is 6.92 Å². The Kier molecular flexibility index (Phi) is 8.90. The van der Waals surface area contributed by atoms with Crippen LogP contribution in [0.15, 0.2) is 48.5 Å². The number of rotatable bonds is 12. The molecule has 3 rings (SSSR count). The lowest BCUT2D eigenvalue weighted by atomic mass is 9.73. The summed E-state index contributed by atoms with van der Waals surface area (Å²) in [7, 11) is 1.84. The molecule has 0 amide bonds. The van der Waals surface area contributed by atoms with Crippen LogP contribution in [0.1, 0.15) is 29.5 Å².